The SMILES string of the molecule is CSc1ccc(S(=O)(=O)N(CC(=O)N(Cc2ccc(Cl)cc2Cl)[C@@H](C)C(=O)NC(C)(C)C)c2ccc(C)cc2)cc1. The summed E-state index contributed by atoms with van der Waals surface area (Å²) < 4.78 is 29.0. The van der Waals surface area contributed by atoms with Crippen molar-refractivity contribution >= 4 is 62.5 Å². The van der Waals surface area contributed by atoms with Crippen LogP contribution in [0.2, 0.25) is 10.0 Å². The van der Waals surface area contributed by atoms with E-state index in [0.717, 1.165) is 14.8 Å². The van der Waals surface area contributed by atoms with E-state index in [1.54, 1.807) is 61.5 Å². The molecule has 0 radical (unpaired) electrons. The molecule has 0 saturated carbocycles. The van der Waals surface area contributed by atoms with Crippen LogP contribution in [0.25, 0.3) is 0 Å². The number of aryl methyl sites for hydroxylation is 1. The highest BCUT2D eigenvalue weighted by Crippen LogP contribution is 2.28. The van der Waals surface area contributed by atoms with Crippen molar-refractivity contribution in [2.75, 3.05) is 17.1 Å². The van der Waals surface area contributed by atoms with Crippen molar-refractivity contribution in [1.82, 2.24) is 10.2 Å². The number of thioether (sulfide) groups is 1. The Morgan fingerprint density at radius 2 is 1.59 bits per heavy atom. The Bertz CT molecular complexity index is 1490. The van der Waals surface area contributed by atoms with Crippen molar-refractivity contribution in [3.8, 4) is 0 Å². The smallest absolute Gasteiger partial charge is 0.264 e. The van der Waals surface area contributed by atoms with Gasteiger partial charge in [-0.05, 0) is 95.0 Å². The first-order valence-corrected chi connectivity index (χ1v) is 16.3. The molecule has 0 aromatic heterocycles. The fourth-order valence-corrected chi connectivity index (χ4v) is 6.30. The lowest BCUT2D eigenvalue weighted by Gasteiger charge is -2.33. The van der Waals surface area contributed by atoms with Crippen molar-refractivity contribution in [2.24, 2.45) is 0 Å². The highest BCUT2D eigenvalue weighted by Gasteiger charge is 2.33. The van der Waals surface area contributed by atoms with Gasteiger partial charge in [-0.2, -0.15) is 0 Å². The van der Waals surface area contributed by atoms with Crippen LogP contribution in [-0.2, 0) is 26.2 Å². The van der Waals surface area contributed by atoms with Crippen LogP contribution >= 0.6 is 35.0 Å². The minimum atomic E-state index is -4.15. The molecule has 220 valence electrons. The van der Waals surface area contributed by atoms with Crippen molar-refractivity contribution in [1.29, 1.82) is 0 Å². The molecule has 41 heavy (non-hydrogen) atoms. The zero-order valence-electron chi connectivity index (χ0n) is 23.9. The van der Waals surface area contributed by atoms with Crippen LogP contribution in [0, 0.1) is 6.92 Å². The predicted octanol–water partition coefficient (Wildman–Crippen LogP) is 6.55. The number of amides is 2. The fourth-order valence-electron chi connectivity index (χ4n) is 4.00. The van der Waals surface area contributed by atoms with Crippen LogP contribution in [-0.4, -0.2) is 49.5 Å². The molecule has 0 fully saturated rings. The first-order chi connectivity index (χ1) is 19.1. The number of sulfonamides is 1. The lowest BCUT2D eigenvalue weighted by Crippen LogP contribution is -2.54. The third-order valence-corrected chi connectivity index (χ3v) is 9.39. The van der Waals surface area contributed by atoms with Crippen LogP contribution in [0.15, 0.2) is 76.5 Å². The number of benzene rings is 3. The number of rotatable bonds is 10. The summed E-state index contributed by atoms with van der Waals surface area (Å²) in [6.07, 6.45) is 1.90. The fraction of sp³-hybridized carbons (Fsp3) is 0.333. The zero-order chi connectivity index (χ0) is 30.5. The Morgan fingerprint density at radius 3 is 2.12 bits per heavy atom. The number of nitrogens with zero attached hydrogens (tertiary/aromatic N) is 2. The van der Waals surface area contributed by atoms with Crippen molar-refractivity contribution < 1.29 is 18.0 Å². The summed E-state index contributed by atoms with van der Waals surface area (Å²) in [5.74, 6) is -0.953. The van der Waals surface area contributed by atoms with Crippen LogP contribution in [0.1, 0.15) is 38.8 Å². The van der Waals surface area contributed by atoms with Crippen molar-refractivity contribution in [3.63, 3.8) is 0 Å². The van der Waals surface area contributed by atoms with Crippen LogP contribution in [0.3, 0.4) is 0 Å². The molecule has 0 aliphatic rings. The van der Waals surface area contributed by atoms with Gasteiger partial charge in [0, 0.05) is 27.0 Å². The molecule has 1 N–H and O–H groups in total. The Balaban J connectivity index is 2.05. The van der Waals surface area contributed by atoms with Crippen molar-refractivity contribution in [2.45, 2.75) is 62.5 Å². The van der Waals surface area contributed by atoms with E-state index in [1.165, 1.54) is 28.8 Å². The van der Waals surface area contributed by atoms with Gasteiger partial charge in [0.05, 0.1) is 10.6 Å². The van der Waals surface area contributed by atoms with E-state index in [0.29, 0.717) is 21.3 Å². The van der Waals surface area contributed by atoms with Crippen LogP contribution in [0.4, 0.5) is 5.69 Å². The molecule has 3 aromatic rings. The average Bonchev–Trinajstić information content (AvgIpc) is 2.90. The molecule has 1 atom stereocenters. The van der Waals surface area contributed by atoms with Gasteiger partial charge >= 0.3 is 0 Å². The second-order valence-electron chi connectivity index (χ2n) is 10.7. The Hall–Kier alpha value is -2.72. The number of anilines is 1. The van der Waals surface area contributed by atoms with Gasteiger partial charge < -0.3 is 10.2 Å². The highest BCUT2D eigenvalue weighted by molar-refractivity contribution is 7.98. The molecule has 0 heterocycles. The Kier molecular flexibility index (Phi) is 10.8. The number of carbonyl (C=O) groups is 2. The van der Waals surface area contributed by atoms with Gasteiger partial charge in [-0.3, -0.25) is 13.9 Å². The predicted molar refractivity (Wildman–Crippen MR) is 168 cm³/mol. The molecule has 11 heteroatoms. The minimum Gasteiger partial charge on any atom is -0.350 e. The number of hydrogen-bond acceptors (Lipinski definition) is 5. The second kappa shape index (κ2) is 13.5. The van der Waals surface area contributed by atoms with Gasteiger partial charge in [-0.1, -0.05) is 47.0 Å². The molecule has 0 saturated heterocycles. The third kappa shape index (κ3) is 8.64. The second-order valence-corrected chi connectivity index (χ2v) is 14.3. The zero-order valence-corrected chi connectivity index (χ0v) is 27.1. The van der Waals surface area contributed by atoms with E-state index in [2.05, 4.69) is 5.32 Å². The van der Waals surface area contributed by atoms with Crippen LogP contribution in [0.5, 0.6) is 0 Å². The van der Waals surface area contributed by atoms with Gasteiger partial charge in [-0.25, -0.2) is 8.42 Å². The van der Waals surface area contributed by atoms with E-state index < -0.39 is 34.1 Å². The van der Waals surface area contributed by atoms with Gasteiger partial charge in [0.25, 0.3) is 10.0 Å². The van der Waals surface area contributed by atoms with Crippen molar-refractivity contribution in [3.05, 3.63) is 87.9 Å². The average molecular weight is 637 g/mol. The minimum absolute atomic E-state index is 0.0300. The van der Waals surface area contributed by atoms with Gasteiger partial charge in [0.15, 0.2) is 0 Å². The summed E-state index contributed by atoms with van der Waals surface area (Å²) >= 11 is 14.0. The Labute approximate surface area is 257 Å². The molecule has 0 unspecified atom stereocenters. The maximum Gasteiger partial charge on any atom is 0.264 e. The summed E-state index contributed by atoms with van der Waals surface area (Å²) in [5, 5.41) is 3.66. The van der Waals surface area contributed by atoms with E-state index in [1.807, 2.05) is 34.0 Å². The first kappa shape index (κ1) is 32.8. The summed E-state index contributed by atoms with van der Waals surface area (Å²) in [5.41, 5.74) is 1.29. The number of carbonyl (C=O) groups excluding carboxylic acids is 2. The molecule has 3 aromatic carbocycles. The standard InChI is InChI=1S/C30H35Cl2N3O4S2/c1-20-7-11-24(12-8-20)35(41(38,39)26-15-13-25(40-6)14-16-26)19-28(36)34(21(2)29(37)33-30(3,4)5)18-22-9-10-23(31)17-27(22)32/h7-17,21H,18-19H2,1-6H3,(H,33,37)/t21-/m0/s1. The summed E-state index contributed by atoms with van der Waals surface area (Å²) in [6.45, 7) is 8.46. The maximum atomic E-state index is 14.0. The molecule has 3 rings (SSSR count). The summed E-state index contributed by atoms with van der Waals surface area (Å²) in [7, 11) is -4.15. The molecule has 2 amide bonds. The summed E-state index contributed by atoms with van der Waals surface area (Å²) in [4.78, 5) is 29.5. The molecule has 0 aliphatic heterocycles. The third-order valence-electron chi connectivity index (χ3n) is 6.27. The number of halogens is 2. The summed E-state index contributed by atoms with van der Waals surface area (Å²) in [6, 6.07) is 17.3. The van der Waals surface area contributed by atoms with E-state index in [4.69, 9.17) is 23.2 Å². The van der Waals surface area contributed by atoms with E-state index in [-0.39, 0.29) is 17.3 Å². The van der Waals surface area contributed by atoms with Gasteiger partial charge in [-0.15, -0.1) is 11.8 Å². The maximum absolute atomic E-state index is 14.0. The van der Waals surface area contributed by atoms with Crippen LogP contribution < -0.4 is 9.62 Å². The number of nitrogens with one attached hydrogen (secondary N) is 1. The van der Waals surface area contributed by atoms with Gasteiger partial charge in [0.1, 0.15) is 12.6 Å². The molecule has 0 spiro atoms. The van der Waals surface area contributed by atoms with E-state index in [9.17, 15) is 18.0 Å². The van der Waals surface area contributed by atoms with E-state index >= 15 is 0 Å². The Morgan fingerprint density at radius 1 is 0.976 bits per heavy atom. The van der Waals surface area contributed by atoms with Gasteiger partial charge in [0.2, 0.25) is 11.8 Å². The molecule has 0 aliphatic carbocycles. The normalized spacial score (nSPS) is 12.5. The quantitative estimate of drug-likeness (QED) is 0.255. The molecular formula is C30H35Cl2N3O4S2. The highest BCUT2D eigenvalue weighted by atomic mass is 35.5. The number of hydrogen-bond donors (Lipinski definition) is 1. The largest absolute Gasteiger partial charge is 0.350 e. The molecule has 7 nitrogen and oxygen atoms in total. The molecular weight excluding hydrogens is 601 g/mol. The first-order valence-electron chi connectivity index (χ1n) is 12.9. The molecule has 0 bridgehead atoms. The monoisotopic (exact) mass is 635 g/mol. The lowest BCUT2D eigenvalue weighted by molar-refractivity contribution is -0.140. The lowest BCUT2D eigenvalue weighted by atomic mass is 10.1. The topological polar surface area (TPSA) is 86.8 Å².